The molecular weight excluding hydrogens is 164 g/mol. The molecule has 1 rings (SSSR count). The number of rotatable bonds is 5. The number of hydrogen-bond donors (Lipinski definition) is 1. The summed E-state index contributed by atoms with van der Waals surface area (Å²) >= 11 is 0. The highest BCUT2D eigenvalue weighted by atomic mass is 15.4. The second-order valence-electron chi connectivity index (χ2n) is 3.21. The van der Waals surface area contributed by atoms with Crippen LogP contribution in [-0.2, 0) is 13.0 Å². The van der Waals surface area contributed by atoms with Gasteiger partial charge in [0.25, 0.3) is 0 Å². The molecule has 1 heterocycles. The molecule has 0 atom stereocenters. The van der Waals surface area contributed by atoms with Gasteiger partial charge in [-0.25, -0.2) is 4.68 Å². The van der Waals surface area contributed by atoms with E-state index in [4.69, 9.17) is 5.73 Å². The minimum atomic E-state index is 0.553. The highest BCUT2D eigenvalue weighted by Gasteiger charge is 2.04. The van der Waals surface area contributed by atoms with E-state index < -0.39 is 0 Å². The topological polar surface area (TPSA) is 56.7 Å². The van der Waals surface area contributed by atoms with Crippen LogP contribution >= 0.6 is 0 Å². The summed E-state index contributed by atoms with van der Waals surface area (Å²) in [4.78, 5) is 4.18. The first-order chi connectivity index (χ1) is 6.27. The van der Waals surface area contributed by atoms with Crippen LogP contribution in [0.15, 0.2) is 0 Å². The molecule has 0 bridgehead atoms. The molecule has 13 heavy (non-hydrogen) atoms. The molecule has 74 valence electrons. The van der Waals surface area contributed by atoms with E-state index in [1.54, 1.807) is 4.68 Å². The lowest BCUT2D eigenvalue weighted by molar-refractivity contribution is 0.571. The van der Waals surface area contributed by atoms with Gasteiger partial charge in [-0.2, -0.15) is 10.1 Å². The van der Waals surface area contributed by atoms with Crippen molar-refractivity contribution in [2.24, 2.45) is 0 Å². The van der Waals surface area contributed by atoms with E-state index in [2.05, 4.69) is 23.9 Å². The number of anilines is 1. The van der Waals surface area contributed by atoms with Crippen molar-refractivity contribution in [2.45, 2.75) is 46.1 Å². The van der Waals surface area contributed by atoms with Crippen LogP contribution in [0.2, 0.25) is 0 Å². The van der Waals surface area contributed by atoms with Crippen LogP contribution in [0.25, 0.3) is 0 Å². The minimum Gasteiger partial charge on any atom is -0.368 e. The second-order valence-corrected chi connectivity index (χ2v) is 3.21. The molecule has 0 saturated carbocycles. The smallest absolute Gasteiger partial charge is 0.218 e. The molecule has 0 aliphatic rings. The van der Waals surface area contributed by atoms with Gasteiger partial charge in [0.2, 0.25) is 5.95 Å². The Balaban J connectivity index is 2.60. The van der Waals surface area contributed by atoms with Crippen molar-refractivity contribution < 1.29 is 0 Å². The maximum Gasteiger partial charge on any atom is 0.218 e. The molecule has 0 fully saturated rings. The largest absolute Gasteiger partial charge is 0.368 e. The number of aryl methyl sites for hydroxylation is 2. The third kappa shape index (κ3) is 2.72. The summed E-state index contributed by atoms with van der Waals surface area (Å²) in [5.41, 5.74) is 5.70. The van der Waals surface area contributed by atoms with Gasteiger partial charge in [-0.05, 0) is 12.8 Å². The molecule has 4 nitrogen and oxygen atoms in total. The average Bonchev–Trinajstić information content (AvgIpc) is 2.44. The first kappa shape index (κ1) is 10.0. The van der Waals surface area contributed by atoms with E-state index in [0.717, 1.165) is 38.1 Å². The Kier molecular flexibility index (Phi) is 3.73. The summed E-state index contributed by atoms with van der Waals surface area (Å²) in [5.74, 6) is 1.42. The maximum atomic E-state index is 5.70. The summed E-state index contributed by atoms with van der Waals surface area (Å²) < 4.78 is 1.80. The zero-order chi connectivity index (χ0) is 9.68. The molecule has 1 aromatic rings. The minimum absolute atomic E-state index is 0.553. The lowest BCUT2D eigenvalue weighted by Gasteiger charge is -1.98. The van der Waals surface area contributed by atoms with Gasteiger partial charge >= 0.3 is 0 Å². The van der Waals surface area contributed by atoms with Gasteiger partial charge in [0.05, 0.1) is 0 Å². The van der Waals surface area contributed by atoms with Crippen molar-refractivity contribution >= 4 is 5.95 Å². The Bertz CT molecular complexity index is 254. The molecule has 0 aliphatic carbocycles. The van der Waals surface area contributed by atoms with E-state index in [9.17, 15) is 0 Å². The Morgan fingerprint density at radius 1 is 1.31 bits per heavy atom. The van der Waals surface area contributed by atoms with Gasteiger partial charge in [-0.15, -0.1) is 0 Å². The average molecular weight is 182 g/mol. The van der Waals surface area contributed by atoms with Crippen molar-refractivity contribution in [3.05, 3.63) is 5.82 Å². The number of nitrogen functional groups attached to an aromatic ring is 1. The molecule has 0 aromatic carbocycles. The fraction of sp³-hybridized carbons (Fsp3) is 0.778. The number of hydrogen-bond acceptors (Lipinski definition) is 3. The monoisotopic (exact) mass is 182 g/mol. The SMILES string of the molecule is CCCCn1nc(CCC)nc1N. The fourth-order valence-electron chi connectivity index (χ4n) is 1.20. The Hall–Kier alpha value is -1.06. The van der Waals surface area contributed by atoms with Gasteiger partial charge in [0, 0.05) is 13.0 Å². The van der Waals surface area contributed by atoms with Crippen molar-refractivity contribution in [3.63, 3.8) is 0 Å². The molecule has 0 radical (unpaired) electrons. The van der Waals surface area contributed by atoms with E-state index in [-0.39, 0.29) is 0 Å². The highest BCUT2D eigenvalue weighted by molar-refractivity contribution is 5.15. The summed E-state index contributed by atoms with van der Waals surface area (Å²) in [6, 6.07) is 0. The van der Waals surface area contributed by atoms with E-state index in [1.165, 1.54) is 0 Å². The summed E-state index contributed by atoms with van der Waals surface area (Å²) in [6.45, 7) is 5.15. The summed E-state index contributed by atoms with van der Waals surface area (Å²) in [6.07, 6.45) is 4.25. The molecular formula is C9H18N4. The van der Waals surface area contributed by atoms with Gasteiger partial charge in [-0.1, -0.05) is 20.3 Å². The quantitative estimate of drug-likeness (QED) is 0.752. The molecule has 0 amide bonds. The van der Waals surface area contributed by atoms with Crippen molar-refractivity contribution in [3.8, 4) is 0 Å². The van der Waals surface area contributed by atoms with Gasteiger partial charge in [-0.3, -0.25) is 0 Å². The van der Waals surface area contributed by atoms with Crippen LogP contribution in [0.3, 0.4) is 0 Å². The van der Waals surface area contributed by atoms with Crippen LogP contribution in [-0.4, -0.2) is 14.8 Å². The number of unbranched alkanes of at least 4 members (excludes halogenated alkanes) is 1. The van der Waals surface area contributed by atoms with Gasteiger partial charge < -0.3 is 5.73 Å². The molecule has 2 N–H and O–H groups in total. The van der Waals surface area contributed by atoms with Crippen LogP contribution in [0.4, 0.5) is 5.95 Å². The van der Waals surface area contributed by atoms with Crippen molar-refractivity contribution in [1.29, 1.82) is 0 Å². The Labute approximate surface area is 79.2 Å². The third-order valence-corrected chi connectivity index (χ3v) is 1.94. The van der Waals surface area contributed by atoms with E-state index >= 15 is 0 Å². The zero-order valence-electron chi connectivity index (χ0n) is 8.45. The molecule has 1 aromatic heterocycles. The molecule has 0 unspecified atom stereocenters. The highest BCUT2D eigenvalue weighted by Crippen LogP contribution is 2.04. The molecule has 0 saturated heterocycles. The number of nitrogens with two attached hydrogens (primary N) is 1. The molecule has 0 spiro atoms. The first-order valence-electron chi connectivity index (χ1n) is 4.97. The molecule has 4 heteroatoms. The number of nitrogens with zero attached hydrogens (tertiary/aromatic N) is 3. The normalized spacial score (nSPS) is 10.6. The van der Waals surface area contributed by atoms with Crippen LogP contribution in [0.5, 0.6) is 0 Å². The van der Waals surface area contributed by atoms with Crippen LogP contribution in [0, 0.1) is 0 Å². The van der Waals surface area contributed by atoms with Crippen LogP contribution in [0.1, 0.15) is 38.9 Å². The third-order valence-electron chi connectivity index (χ3n) is 1.94. The first-order valence-corrected chi connectivity index (χ1v) is 4.97. The summed E-state index contributed by atoms with van der Waals surface area (Å²) in [5, 5.41) is 4.32. The Morgan fingerprint density at radius 2 is 2.08 bits per heavy atom. The second kappa shape index (κ2) is 4.84. The maximum absolute atomic E-state index is 5.70. The predicted octanol–water partition coefficient (Wildman–Crippen LogP) is 1.61. The van der Waals surface area contributed by atoms with Crippen LogP contribution < -0.4 is 5.73 Å². The Morgan fingerprint density at radius 3 is 2.69 bits per heavy atom. The predicted molar refractivity (Wildman–Crippen MR) is 53.3 cm³/mol. The zero-order valence-corrected chi connectivity index (χ0v) is 8.45. The number of aromatic nitrogens is 3. The summed E-state index contributed by atoms with van der Waals surface area (Å²) in [7, 11) is 0. The van der Waals surface area contributed by atoms with E-state index in [0.29, 0.717) is 5.95 Å². The van der Waals surface area contributed by atoms with Crippen molar-refractivity contribution in [1.82, 2.24) is 14.8 Å². The lowest BCUT2D eigenvalue weighted by Crippen LogP contribution is -2.04. The fourth-order valence-corrected chi connectivity index (χ4v) is 1.20. The molecule has 0 aliphatic heterocycles. The van der Waals surface area contributed by atoms with Gasteiger partial charge in [0.1, 0.15) is 0 Å². The lowest BCUT2D eigenvalue weighted by atomic mass is 10.3. The van der Waals surface area contributed by atoms with Crippen molar-refractivity contribution in [2.75, 3.05) is 5.73 Å². The van der Waals surface area contributed by atoms with Gasteiger partial charge in [0.15, 0.2) is 5.82 Å². The van der Waals surface area contributed by atoms with E-state index in [1.807, 2.05) is 0 Å². The standard InChI is InChI=1S/C9H18N4/c1-3-5-7-13-9(10)11-8(12-13)6-4-2/h3-7H2,1-2H3,(H2,10,11,12).